The minimum Gasteiger partial charge on any atom is -0.348 e. The molecule has 0 aliphatic rings. The smallest absolute Gasteiger partial charge is 0.251 e. The van der Waals surface area contributed by atoms with Crippen LogP contribution in [0.3, 0.4) is 0 Å². The average molecular weight is 272 g/mol. The zero-order valence-corrected chi connectivity index (χ0v) is 11.9. The summed E-state index contributed by atoms with van der Waals surface area (Å²) < 4.78 is 1.75. The Kier molecular flexibility index (Phi) is 4.53. The Morgan fingerprint density at radius 1 is 1.35 bits per heavy atom. The predicted octanol–water partition coefficient (Wildman–Crippen LogP) is 1.16. The van der Waals surface area contributed by atoms with Crippen molar-refractivity contribution < 1.29 is 4.79 Å². The number of nitrogens with two attached hydrogens (primary N) is 1. The van der Waals surface area contributed by atoms with Crippen LogP contribution in [-0.2, 0) is 20.0 Å². The van der Waals surface area contributed by atoms with Crippen LogP contribution in [0.1, 0.15) is 27.2 Å². The lowest BCUT2D eigenvalue weighted by molar-refractivity contribution is 0.0950. The van der Waals surface area contributed by atoms with Crippen molar-refractivity contribution in [3.8, 4) is 0 Å². The van der Waals surface area contributed by atoms with Gasteiger partial charge in [-0.15, -0.1) is 0 Å². The van der Waals surface area contributed by atoms with Crippen LogP contribution in [-0.4, -0.2) is 22.2 Å². The number of aryl methyl sites for hydroxylation is 2. The molecule has 5 nitrogen and oxygen atoms in total. The highest BCUT2D eigenvalue weighted by Gasteiger charge is 2.11. The number of carbonyl (C=O) groups excluding carboxylic acids is 1. The Bertz CT molecular complexity index is 604. The predicted molar refractivity (Wildman–Crippen MR) is 78.3 cm³/mol. The van der Waals surface area contributed by atoms with Crippen LogP contribution in [0.4, 0.5) is 0 Å². The SMILES string of the molecule is Cc1nn(C)cc1CNC(=O)c1ccccc1CCN. The third-order valence-corrected chi connectivity index (χ3v) is 3.23. The third kappa shape index (κ3) is 3.24. The lowest BCUT2D eigenvalue weighted by Crippen LogP contribution is -2.24. The van der Waals surface area contributed by atoms with Gasteiger partial charge in [-0.2, -0.15) is 5.10 Å². The molecule has 2 aromatic rings. The van der Waals surface area contributed by atoms with E-state index in [1.54, 1.807) is 4.68 Å². The maximum Gasteiger partial charge on any atom is 0.251 e. The molecule has 0 fully saturated rings. The first-order chi connectivity index (χ1) is 9.61. The van der Waals surface area contributed by atoms with E-state index in [9.17, 15) is 4.79 Å². The van der Waals surface area contributed by atoms with Gasteiger partial charge in [-0.1, -0.05) is 18.2 Å². The molecule has 2 rings (SSSR count). The molecule has 0 saturated carbocycles. The van der Waals surface area contributed by atoms with Crippen molar-refractivity contribution in [3.63, 3.8) is 0 Å². The second kappa shape index (κ2) is 6.34. The normalized spacial score (nSPS) is 10.6. The molecule has 1 amide bonds. The maximum absolute atomic E-state index is 12.3. The highest BCUT2D eigenvalue weighted by molar-refractivity contribution is 5.95. The number of aromatic nitrogens is 2. The molecule has 5 heteroatoms. The Balaban J connectivity index is 2.07. The first-order valence-electron chi connectivity index (χ1n) is 6.67. The van der Waals surface area contributed by atoms with Crippen LogP contribution >= 0.6 is 0 Å². The van der Waals surface area contributed by atoms with Crippen molar-refractivity contribution in [3.05, 3.63) is 52.8 Å². The summed E-state index contributed by atoms with van der Waals surface area (Å²) in [5.74, 6) is -0.0719. The van der Waals surface area contributed by atoms with Gasteiger partial charge in [0.25, 0.3) is 5.91 Å². The molecule has 0 bridgehead atoms. The van der Waals surface area contributed by atoms with Gasteiger partial charge >= 0.3 is 0 Å². The minimum absolute atomic E-state index is 0.0719. The van der Waals surface area contributed by atoms with E-state index in [2.05, 4.69) is 10.4 Å². The van der Waals surface area contributed by atoms with Gasteiger partial charge in [0, 0.05) is 30.9 Å². The summed E-state index contributed by atoms with van der Waals surface area (Å²) in [5.41, 5.74) is 9.21. The molecule has 106 valence electrons. The van der Waals surface area contributed by atoms with E-state index in [4.69, 9.17) is 5.73 Å². The lowest BCUT2D eigenvalue weighted by atomic mass is 10.0. The molecule has 1 heterocycles. The number of carbonyl (C=O) groups is 1. The zero-order chi connectivity index (χ0) is 14.5. The molecular formula is C15H20N4O. The number of benzene rings is 1. The highest BCUT2D eigenvalue weighted by atomic mass is 16.1. The van der Waals surface area contributed by atoms with E-state index in [1.807, 2.05) is 44.4 Å². The van der Waals surface area contributed by atoms with Gasteiger partial charge in [0.1, 0.15) is 0 Å². The van der Waals surface area contributed by atoms with Gasteiger partial charge in [-0.3, -0.25) is 9.48 Å². The summed E-state index contributed by atoms with van der Waals surface area (Å²) in [6.07, 6.45) is 2.62. The number of hydrogen-bond acceptors (Lipinski definition) is 3. The fourth-order valence-corrected chi connectivity index (χ4v) is 2.21. The Hall–Kier alpha value is -2.14. The minimum atomic E-state index is -0.0719. The first kappa shape index (κ1) is 14.3. The van der Waals surface area contributed by atoms with E-state index in [1.165, 1.54) is 0 Å². The second-order valence-corrected chi connectivity index (χ2v) is 4.79. The molecule has 20 heavy (non-hydrogen) atoms. The average Bonchev–Trinajstić information content (AvgIpc) is 2.75. The van der Waals surface area contributed by atoms with E-state index in [0.29, 0.717) is 25.1 Å². The van der Waals surface area contributed by atoms with E-state index < -0.39 is 0 Å². The third-order valence-electron chi connectivity index (χ3n) is 3.23. The van der Waals surface area contributed by atoms with Gasteiger partial charge in [0.2, 0.25) is 0 Å². The molecule has 0 atom stereocenters. The molecule has 0 unspecified atom stereocenters. The van der Waals surface area contributed by atoms with Crippen LogP contribution in [0.2, 0.25) is 0 Å². The molecule has 1 aromatic heterocycles. The van der Waals surface area contributed by atoms with Crippen molar-refractivity contribution in [2.45, 2.75) is 19.9 Å². The van der Waals surface area contributed by atoms with Gasteiger partial charge in [-0.05, 0) is 31.5 Å². The summed E-state index contributed by atoms with van der Waals surface area (Å²) in [6.45, 7) is 2.95. The van der Waals surface area contributed by atoms with Crippen LogP contribution in [0.15, 0.2) is 30.5 Å². The van der Waals surface area contributed by atoms with Crippen molar-refractivity contribution in [1.82, 2.24) is 15.1 Å². The number of rotatable bonds is 5. The molecule has 1 aromatic carbocycles. The first-order valence-corrected chi connectivity index (χ1v) is 6.67. The van der Waals surface area contributed by atoms with Crippen molar-refractivity contribution in [1.29, 1.82) is 0 Å². The largest absolute Gasteiger partial charge is 0.348 e. The number of nitrogens with zero attached hydrogens (tertiary/aromatic N) is 2. The second-order valence-electron chi connectivity index (χ2n) is 4.79. The molecule has 0 aliphatic heterocycles. The van der Waals surface area contributed by atoms with Crippen LogP contribution in [0.25, 0.3) is 0 Å². The molecule has 0 spiro atoms. The van der Waals surface area contributed by atoms with Crippen LogP contribution < -0.4 is 11.1 Å². The molecule has 0 saturated heterocycles. The zero-order valence-electron chi connectivity index (χ0n) is 11.9. The quantitative estimate of drug-likeness (QED) is 0.858. The fourth-order valence-electron chi connectivity index (χ4n) is 2.21. The maximum atomic E-state index is 12.3. The van der Waals surface area contributed by atoms with Crippen LogP contribution in [0.5, 0.6) is 0 Å². The van der Waals surface area contributed by atoms with Gasteiger partial charge < -0.3 is 11.1 Å². The summed E-state index contributed by atoms with van der Waals surface area (Å²) >= 11 is 0. The number of hydrogen-bond donors (Lipinski definition) is 2. The monoisotopic (exact) mass is 272 g/mol. The molecule has 0 radical (unpaired) electrons. The van der Waals surface area contributed by atoms with Crippen molar-refractivity contribution >= 4 is 5.91 Å². The van der Waals surface area contributed by atoms with Crippen molar-refractivity contribution in [2.24, 2.45) is 12.8 Å². The van der Waals surface area contributed by atoms with Crippen LogP contribution in [0, 0.1) is 6.92 Å². The Morgan fingerprint density at radius 2 is 2.10 bits per heavy atom. The standard InChI is InChI=1S/C15H20N4O/c1-11-13(10-19(2)18-11)9-17-15(20)14-6-4-3-5-12(14)7-8-16/h3-6,10H,7-9,16H2,1-2H3,(H,17,20). The molecule has 3 N–H and O–H groups in total. The molecule has 0 aliphatic carbocycles. The summed E-state index contributed by atoms with van der Waals surface area (Å²) in [6, 6.07) is 7.56. The summed E-state index contributed by atoms with van der Waals surface area (Å²) in [7, 11) is 1.87. The Labute approximate surface area is 118 Å². The van der Waals surface area contributed by atoms with Gasteiger partial charge in [0.15, 0.2) is 0 Å². The lowest BCUT2D eigenvalue weighted by Gasteiger charge is -2.09. The molecular weight excluding hydrogens is 252 g/mol. The van der Waals surface area contributed by atoms with Gasteiger partial charge in [0.05, 0.1) is 5.69 Å². The van der Waals surface area contributed by atoms with E-state index >= 15 is 0 Å². The highest BCUT2D eigenvalue weighted by Crippen LogP contribution is 2.10. The number of nitrogens with one attached hydrogen (secondary N) is 1. The number of amides is 1. The van der Waals surface area contributed by atoms with Gasteiger partial charge in [-0.25, -0.2) is 0 Å². The van der Waals surface area contributed by atoms with E-state index in [-0.39, 0.29) is 5.91 Å². The summed E-state index contributed by atoms with van der Waals surface area (Å²) in [5, 5.41) is 7.19. The fraction of sp³-hybridized carbons (Fsp3) is 0.333. The Morgan fingerprint density at radius 3 is 2.75 bits per heavy atom. The summed E-state index contributed by atoms with van der Waals surface area (Å²) in [4.78, 5) is 12.3. The van der Waals surface area contributed by atoms with Crippen molar-refractivity contribution in [2.75, 3.05) is 6.54 Å². The topological polar surface area (TPSA) is 72.9 Å². The van der Waals surface area contributed by atoms with E-state index in [0.717, 1.165) is 16.8 Å².